The summed E-state index contributed by atoms with van der Waals surface area (Å²) in [7, 11) is 0. The number of amides is 2. The lowest BCUT2D eigenvalue weighted by Crippen LogP contribution is -2.32. The summed E-state index contributed by atoms with van der Waals surface area (Å²) in [5.74, 6) is -0.622. The summed E-state index contributed by atoms with van der Waals surface area (Å²) in [6.45, 7) is 0.715. The topological polar surface area (TPSA) is 74.3 Å². The molecule has 2 heterocycles. The summed E-state index contributed by atoms with van der Waals surface area (Å²) in [5, 5.41) is 6.34. The van der Waals surface area contributed by atoms with Crippen molar-refractivity contribution in [3.63, 3.8) is 0 Å². The molecule has 1 unspecified atom stereocenters. The van der Waals surface area contributed by atoms with Crippen molar-refractivity contribution in [3.05, 3.63) is 131 Å². The first-order chi connectivity index (χ1) is 17.1. The Balaban J connectivity index is 1.36. The molecule has 2 amide bonds. The van der Waals surface area contributed by atoms with Crippen molar-refractivity contribution < 1.29 is 14.0 Å². The SMILES string of the molecule is O=C(NCc1ccncc1)c1cccc(NC2c3ccccc3C(=O)N2Cc2ccc(F)cc2)c1. The molecule has 1 aromatic heterocycles. The van der Waals surface area contributed by atoms with Crippen LogP contribution in [0.4, 0.5) is 10.1 Å². The van der Waals surface area contributed by atoms with E-state index in [1.54, 1.807) is 53.7 Å². The van der Waals surface area contributed by atoms with Gasteiger partial charge in [-0.15, -0.1) is 0 Å². The number of carbonyl (C=O) groups excluding carboxylic acids is 2. The number of nitrogens with zero attached hydrogens (tertiary/aromatic N) is 2. The largest absolute Gasteiger partial charge is 0.361 e. The number of nitrogens with one attached hydrogen (secondary N) is 2. The maximum Gasteiger partial charge on any atom is 0.256 e. The highest BCUT2D eigenvalue weighted by Crippen LogP contribution is 2.35. The van der Waals surface area contributed by atoms with Gasteiger partial charge in [0.05, 0.1) is 0 Å². The Labute approximate surface area is 202 Å². The first-order valence-electron chi connectivity index (χ1n) is 11.3. The number of anilines is 1. The fourth-order valence-corrected chi connectivity index (χ4v) is 4.17. The second-order valence-electron chi connectivity index (χ2n) is 8.31. The fraction of sp³-hybridized carbons (Fsp3) is 0.107. The van der Waals surface area contributed by atoms with E-state index in [1.807, 2.05) is 36.4 Å². The monoisotopic (exact) mass is 466 g/mol. The molecule has 0 bridgehead atoms. The third kappa shape index (κ3) is 4.89. The van der Waals surface area contributed by atoms with Crippen LogP contribution in [0.15, 0.2) is 97.3 Å². The lowest BCUT2D eigenvalue weighted by molar-refractivity contribution is 0.0728. The lowest BCUT2D eigenvalue weighted by atomic mass is 10.1. The molecule has 0 saturated carbocycles. The zero-order valence-corrected chi connectivity index (χ0v) is 18.8. The van der Waals surface area contributed by atoms with Gasteiger partial charge in [0.1, 0.15) is 12.0 Å². The van der Waals surface area contributed by atoms with Gasteiger partial charge in [-0.2, -0.15) is 0 Å². The van der Waals surface area contributed by atoms with Crippen molar-refractivity contribution in [2.75, 3.05) is 5.32 Å². The van der Waals surface area contributed by atoms with Gasteiger partial charge in [0.15, 0.2) is 0 Å². The summed E-state index contributed by atoms with van der Waals surface area (Å²) < 4.78 is 13.4. The molecule has 174 valence electrons. The molecule has 0 aliphatic carbocycles. The first kappa shape index (κ1) is 22.3. The van der Waals surface area contributed by atoms with Gasteiger partial charge < -0.3 is 15.5 Å². The number of aromatic nitrogens is 1. The van der Waals surface area contributed by atoms with Gasteiger partial charge in [-0.25, -0.2) is 4.39 Å². The average Bonchev–Trinajstić information content (AvgIpc) is 3.15. The number of hydrogen-bond donors (Lipinski definition) is 2. The van der Waals surface area contributed by atoms with E-state index in [2.05, 4.69) is 15.6 Å². The normalized spacial score (nSPS) is 14.5. The molecule has 5 rings (SSSR count). The minimum absolute atomic E-state index is 0.103. The van der Waals surface area contributed by atoms with E-state index in [0.29, 0.717) is 29.9 Å². The van der Waals surface area contributed by atoms with E-state index >= 15 is 0 Å². The average molecular weight is 467 g/mol. The van der Waals surface area contributed by atoms with Crippen LogP contribution in [0.3, 0.4) is 0 Å². The van der Waals surface area contributed by atoms with Crippen LogP contribution >= 0.6 is 0 Å². The Bertz CT molecular complexity index is 1360. The number of halogens is 1. The highest BCUT2D eigenvalue weighted by atomic mass is 19.1. The Kier molecular flexibility index (Phi) is 6.22. The minimum atomic E-state index is -0.432. The van der Waals surface area contributed by atoms with Gasteiger partial charge in [-0.3, -0.25) is 14.6 Å². The van der Waals surface area contributed by atoms with E-state index in [-0.39, 0.29) is 17.6 Å². The van der Waals surface area contributed by atoms with E-state index in [9.17, 15) is 14.0 Å². The summed E-state index contributed by atoms with van der Waals surface area (Å²) in [5.41, 5.74) is 4.47. The molecular weight excluding hydrogens is 443 g/mol. The third-order valence-corrected chi connectivity index (χ3v) is 5.96. The molecule has 1 aliphatic heterocycles. The number of hydrogen-bond acceptors (Lipinski definition) is 4. The number of fused-ring (bicyclic) bond motifs is 1. The van der Waals surface area contributed by atoms with Crippen LogP contribution in [0, 0.1) is 5.82 Å². The van der Waals surface area contributed by atoms with Crippen LogP contribution in [0.5, 0.6) is 0 Å². The van der Waals surface area contributed by atoms with Crippen LogP contribution in [0.2, 0.25) is 0 Å². The summed E-state index contributed by atoms with van der Waals surface area (Å²) >= 11 is 0. The molecule has 2 N–H and O–H groups in total. The molecule has 7 heteroatoms. The van der Waals surface area contributed by atoms with Gasteiger partial charge in [-0.05, 0) is 59.7 Å². The predicted octanol–water partition coefficient (Wildman–Crippen LogP) is 4.92. The Morgan fingerprint density at radius 2 is 1.69 bits per heavy atom. The molecular formula is C28H23FN4O2. The zero-order valence-electron chi connectivity index (χ0n) is 18.8. The maximum atomic E-state index is 13.4. The molecule has 4 aromatic rings. The fourth-order valence-electron chi connectivity index (χ4n) is 4.17. The van der Waals surface area contributed by atoms with E-state index in [1.165, 1.54) is 12.1 Å². The van der Waals surface area contributed by atoms with Crippen LogP contribution in [-0.2, 0) is 13.1 Å². The molecule has 3 aromatic carbocycles. The van der Waals surface area contributed by atoms with Crippen LogP contribution in [0.25, 0.3) is 0 Å². The second-order valence-corrected chi connectivity index (χ2v) is 8.31. The van der Waals surface area contributed by atoms with Crippen LogP contribution < -0.4 is 10.6 Å². The second kappa shape index (κ2) is 9.77. The highest BCUT2D eigenvalue weighted by Gasteiger charge is 2.36. The Morgan fingerprint density at radius 3 is 2.49 bits per heavy atom. The predicted molar refractivity (Wildman–Crippen MR) is 131 cm³/mol. The highest BCUT2D eigenvalue weighted by molar-refractivity contribution is 5.99. The van der Waals surface area contributed by atoms with Crippen molar-refractivity contribution in [1.29, 1.82) is 0 Å². The minimum Gasteiger partial charge on any atom is -0.361 e. The number of rotatable bonds is 7. The Hall–Kier alpha value is -4.52. The van der Waals surface area contributed by atoms with Gasteiger partial charge in [0.25, 0.3) is 11.8 Å². The maximum absolute atomic E-state index is 13.4. The van der Waals surface area contributed by atoms with Crippen molar-refractivity contribution in [3.8, 4) is 0 Å². The number of benzene rings is 3. The van der Waals surface area contributed by atoms with E-state index in [0.717, 1.165) is 16.7 Å². The summed E-state index contributed by atoms with van der Waals surface area (Å²) in [6.07, 6.45) is 2.94. The molecule has 0 radical (unpaired) electrons. The molecule has 0 spiro atoms. The standard InChI is InChI=1S/C28H23FN4O2/c29-22-10-8-20(9-11-22)18-33-26(24-6-1-2-7-25(24)28(33)35)32-23-5-3-4-21(16-23)27(34)31-17-19-12-14-30-15-13-19/h1-16,26,32H,17-18H2,(H,31,34). The molecule has 0 fully saturated rings. The summed E-state index contributed by atoms with van der Waals surface area (Å²) in [4.78, 5) is 31.6. The molecule has 1 atom stereocenters. The molecule has 35 heavy (non-hydrogen) atoms. The quantitative estimate of drug-likeness (QED) is 0.406. The third-order valence-electron chi connectivity index (χ3n) is 5.96. The van der Waals surface area contributed by atoms with Gasteiger partial charge >= 0.3 is 0 Å². The lowest BCUT2D eigenvalue weighted by Gasteiger charge is -2.27. The van der Waals surface area contributed by atoms with Gasteiger partial charge in [0.2, 0.25) is 0 Å². The van der Waals surface area contributed by atoms with Gasteiger partial charge in [-0.1, -0.05) is 36.4 Å². The smallest absolute Gasteiger partial charge is 0.256 e. The Morgan fingerprint density at radius 1 is 0.914 bits per heavy atom. The van der Waals surface area contributed by atoms with Crippen molar-refractivity contribution in [1.82, 2.24) is 15.2 Å². The zero-order chi connectivity index (χ0) is 24.2. The first-order valence-corrected chi connectivity index (χ1v) is 11.3. The number of carbonyl (C=O) groups is 2. The van der Waals surface area contributed by atoms with E-state index in [4.69, 9.17) is 0 Å². The molecule has 1 aliphatic rings. The molecule has 6 nitrogen and oxygen atoms in total. The van der Waals surface area contributed by atoms with Crippen molar-refractivity contribution in [2.24, 2.45) is 0 Å². The molecule has 0 saturated heterocycles. The van der Waals surface area contributed by atoms with Crippen LogP contribution in [-0.4, -0.2) is 21.7 Å². The van der Waals surface area contributed by atoms with Gasteiger partial charge in [0, 0.05) is 47.9 Å². The number of pyridine rings is 1. The van der Waals surface area contributed by atoms with Crippen molar-refractivity contribution >= 4 is 17.5 Å². The van der Waals surface area contributed by atoms with Crippen molar-refractivity contribution in [2.45, 2.75) is 19.3 Å². The summed E-state index contributed by atoms with van der Waals surface area (Å²) in [6, 6.07) is 24.5. The van der Waals surface area contributed by atoms with E-state index < -0.39 is 6.17 Å². The van der Waals surface area contributed by atoms with Crippen LogP contribution in [0.1, 0.15) is 43.6 Å².